The largest absolute Gasteiger partial charge is 0.497 e. The molecule has 2 aromatic heterocycles. The summed E-state index contributed by atoms with van der Waals surface area (Å²) in [6, 6.07) is 12.4. The van der Waals surface area contributed by atoms with E-state index in [9.17, 15) is 0 Å². The summed E-state index contributed by atoms with van der Waals surface area (Å²) in [5, 5.41) is 1.08. The number of thioether (sulfide) groups is 1. The van der Waals surface area contributed by atoms with Crippen molar-refractivity contribution in [1.29, 1.82) is 0 Å². The van der Waals surface area contributed by atoms with Gasteiger partial charge in [0.05, 0.1) is 7.11 Å². The average molecular weight is 375 g/mol. The third-order valence-corrected chi connectivity index (χ3v) is 4.83. The molecule has 0 fully saturated rings. The van der Waals surface area contributed by atoms with Gasteiger partial charge in [-0.05, 0) is 52.7 Å². The number of nitrogens with zero attached hydrogens (tertiary/aromatic N) is 2. The molecule has 0 saturated heterocycles. The molecule has 0 spiro atoms. The average Bonchev–Trinajstić information content (AvgIpc) is 2.53. The number of rotatable bonds is 4. The minimum absolute atomic E-state index is 0.792. The molecular weight excluding hydrogens is 360 g/mol. The number of benzene rings is 1. The molecule has 3 aromatic rings. The Kier molecular flexibility index (Phi) is 4.64. The van der Waals surface area contributed by atoms with Crippen LogP contribution in [0, 0.1) is 6.92 Å². The van der Waals surface area contributed by atoms with Crippen LogP contribution in [-0.2, 0) is 5.75 Å². The van der Waals surface area contributed by atoms with Crippen molar-refractivity contribution in [2.75, 3.05) is 7.11 Å². The first-order valence-corrected chi connectivity index (χ1v) is 8.62. The number of halogens is 1. The molecule has 0 aliphatic heterocycles. The van der Waals surface area contributed by atoms with Crippen LogP contribution in [0.1, 0.15) is 11.3 Å². The lowest BCUT2D eigenvalue weighted by atomic mass is 10.2. The van der Waals surface area contributed by atoms with E-state index in [1.54, 1.807) is 25.1 Å². The first-order valence-electron chi connectivity index (χ1n) is 6.84. The molecule has 3 rings (SSSR count). The Morgan fingerprint density at radius 3 is 2.68 bits per heavy atom. The van der Waals surface area contributed by atoms with Gasteiger partial charge >= 0.3 is 0 Å². The molecule has 5 heteroatoms. The van der Waals surface area contributed by atoms with E-state index >= 15 is 0 Å². The fraction of sp³-hybridized carbons (Fsp3) is 0.176. The Morgan fingerprint density at radius 2 is 1.95 bits per heavy atom. The molecule has 0 bridgehead atoms. The van der Waals surface area contributed by atoms with Gasteiger partial charge in [0.15, 0.2) is 5.65 Å². The summed E-state index contributed by atoms with van der Waals surface area (Å²) < 4.78 is 6.16. The normalized spacial score (nSPS) is 10.9. The van der Waals surface area contributed by atoms with E-state index in [4.69, 9.17) is 4.74 Å². The van der Waals surface area contributed by atoms with Crippen LogP contribution in [-0.4, -0.2) is 17.1 Å². The van der Waals surface area contributed by atoms with Gasteiger partial charge in [-0.3, -0.25) is 0 Å². The van der Waals surface area contributed by atoms with E-state index in [2.05, 4.69) is 50.2 Å². The minimum atomic E-state index is 0.792. The van der Waals surface area contributed by atoms with Gasteiger partial charge in [0.1, 0.15) is 5.75 Å². The second kappa shape index (κ2) is 6.67. The van der Waals surface area contributed by atoms with Crippen molar-refractivity contribution in [3.05, 3.63) is 58.3 Å². The third kappa shape index (κ3) is 3.42. The highest BCUT2D eigenvalue weighted by molar-refractivity contribution is 9.10. The number of methoxy groups -OCH3 is 1. The lowest BCUT2D eigenvalue weighted by molar-refractivity contribution is 0.414. The van der Waals surface area contributed by atoms with Crippen LogP contribution in [0.25, 0.3) is 11.0 Å². The first kappa shape index (κ1) is 15.3. The predicted octanol–water partition coefficient (Wildman–Crippen LogP) is 5.00. The third-order valence-electron chi connectivity index (χ3n) is 3.27. The number of fused-ring (bicyclic) bond motifs is 1. The van der Waals surface area contributed by atoms with Crippen molar-refractivity contribution in [1.82, 2.24) is 9.97 Å². The van der Waals surface area contributed by atoms with Crippen LogP contribution in [0.3, 0.4) is 0 Å². The van der Waals surface area contributed by atoms with Gasteiger partial charge in [-0.25, -0.2) is 9.97 Å². The highest BCUT2D eigenvalue weighted by atomic mass is 79.9. The molecule has 0 radical (unpaired) electrons. The highest BCUT2D eigenvalue weighted by Crippen LogP contribution is 2.31. The monoisotopic (exact) mass is 374 g/mol. The maximum atomic E-state index is 5.19. The molecule has 0 saturated carbocycles. The molecule has 0 atom stereocenters. The van der Waals surface area contributed by atoms with Gasteiger partial charge in [0, 0.05) is 32.4 Å². The van der Waals surface area contributed by atoms with E-state index in [0.717, 1.165) is 32.7 Å². The zero-order chi connectivity index (χ0) is 15.5. The summed E-state index contributed by atoms with van der Waals surface area (Å²) in [5.74, 6) is 1.78. The van der Waals surface area contributed by atoms with Gasteiger partial charge in [0.25, 0.3) is 0 Å². The fourth-order valence-corrected chi connectivity index (χ4v) is 3.58. The van der Waals surface area contributed by atoms with Gasteiger partial charge in [0.2, 0.25) is 0 Å². The molecule has 0 aliphatic carbocycles. The van der Waals surface area contributed by atoms with Crippen molar-refractivity contribution in [2.45, 2.75) is 17.6 Å². The Hall–Kier alpha value is -1.59. The topological polar surface area (TPSA) is 35.0 Å². The SMILES string of the molecule is COc1ccc(CSc2cc(C)nc3ncc(Br)cc23)cc1. The minimum Gasteiger partial charge on any atom is -0.497 e. The van der Waals surface area contributed by atoms with Crippen molar-refractivity contribution >= 4 is 38.7 Å². The van der Waals surface area contributed by atoms with Gasteiger partial charge < -0.3 is 4.74 Å². The maximum absolute atomic E-state index is 5.19. The highest BCUT2D eigenvalue weighted by Gasteiger charge is 2.07. The van der Waals surface area contributed by atoms with Crippen LogP contribution < -0.4 is 4.74 Å². The van der Waals surface area contributed by atoms with E-state index < -0.39 is 0 Å². The Labute approximate surface area is 142 Å². The Morgan fingerprint density at radius 1 is 1.18 bits per heavy atom. The number of ether oxygens (including phenoxy) is 1. The molecule has 0 unspecified atom stereocenters. The van der Waals surface area contributed by atoms with Crippen LogP contribution in [0.5, 0.6) is 5.75 Å². The van der Waals surface area contributed by atoms with E-state index in [1.807, 2.05) is 19.1 Å². The number of hydrogen-bond acceptors (Lipinski definition) is 4. The summed E-state index contributed by atoms with van der Waals surface area (Å²) in [5.41, 5.74) is 3.04. The lowest BCUT2D eigenvalue weighted by Crippen LogP contribution is -1.91. The lowest BCUT2D eigenvalue weighted by Gasteiger charge is -2.08. The predicted molar refractivity (Wildman–Crippen MR) is 94.5 cm³/mol. The summed E-state index contributed by atoms with van der Waals surface area (Å²) >= 11 is 5.28. The van der Waals surface area contributed by atoms with Gasteiger partial charge in [-0.1, -0.05) is 12.1 Å². The van der Waals surface area contributed by atoms with E-state index in [1.165, 1.54) is 10.5 Å². The number of aromatic nitrogens is 2. The molecule has 0 aliphatic rings. The summed E-state index contributed by atoms with van der Waals surface area (Å²) in [6.07, 6.45) is 1.78. The molecule has 0 amide bonds. The van der Waals surface area contributed by atoms with Crippen molar-refractivity contribution in [3.8, 4) is 5.75 Å². The van der Waals surface area contributed by atoms with E-state index in [-0.39, 0.29) is 0 Å². The second-order valence-corrected chi connectivity index (χ2v) is 6.86. The quantitative estimate of drug-likeness (QED) is 0.601. The fourth-order valence-electron chi connectivity index (χ4n) is 2.17. The molecule has 1 aromatic carbocycles. The van der Waals surface area contributed by atoms with Crippen LogP contribution in [0.4, 0.5) is 0 Å². The number of pyridine rings is 2. The number of hydrogen-bond donors (Lipinski definition) is 0. The molecule has 112 valence electrons. The van der Waals surface area contributed by atoms with Crippen molar-refractivity contribution < 1.29 is 4.74 Å². The van der Waals surface area contributed by atoms with Crippen molar-refractivity contribution in [3.63, 3.8) is 0 Å². The van der Waals surface area contributed by atoms with Crippen LogP contribution in [0.15, 0.2) is 52.0 Å². The molecule has 2 heterocycles. The second-order valence-electron chi connectivity index (χ2n) is 4.92. The summed E-state index contributed by atoms with van der Waals surface area (Å²) in [6.45, 7) is 2.00. The molecule has 0 N–H and O–H groups in total. The standard InChI is InChI=1S/C17H15BrN2OS/c1-11-7-16(15-8-13(18)9-19-17(15)20-11)22-10-12-3-5-14(21-2)6-4-12/h3-9H,10H2,1-2H3. The molecule has 3 nitrogen and oxygen atoms in total. The first-order chi connectivity index (χ1) is 10.7. The summed E-state index contributed by atoms with van der Waals surface area (Å²) in [4.78, 5) is 10.1. The smallest absolute Gasteiger partial charge is 0.160 e. The molecule has 22 heavy (non-hydrogen) atoms. The van der Waals surface area contributed by atoms with Crippen molar-refractivity contribution in [2.24, 2.45) is 0 Å². The van der Waals surface area contributed by atoms with E-state index in [0.29, 0.717) is 0 Å². The maximum Gasteiger partial charge on any atom is 0.160 e. The van der Waals surface area contributed by atoms with Crippen LogP contribution >= 0.6 is 27.7 Å². The Bertz CT molecular complexity index is 806. The Balaban J connectivity index is 1.87. The van der Waals surface area contributed by atoms with Gasteiger partial charge in [-0.15, -0.1) is 11.8 Å². The van der Waals surface area contributed by atoms with Gasteiger partial charge in [-0.2, -0.15) is 0 Å². The zero-order valence-corrected chi connectivity index (χ0v) is 14.7. The zero-order valence-electron chi connectivity index (χ0n) is 12.3. The molecular formula is C17H15BrN2OS. The summed E-state index contributed by atoms with van der Waals surface area (Å²) in [7, 11) is 1.68. The van der Waals surface area contributed by atoms with Crippen LogP contribution in [0.2, 0.25) is 0 Å². The number of aryl methyl sites for hydroxylation is 1.